The van der Waals surface area contributed by atoms with Crippen LogP contribution in [0.3, 0.4) is 0 Å². The molecule has 0 saturated carbocycles. The zero-order valence-electron chi connectivity index (χ0n) is 14.0. The molecule has 130 valence electrons. The van der Waals surface area contributed by atoms with Crippen molar-refractivity contribution in [2.75, 3.05) is 11.9 Å². The number of rotatable bonds is 5. The molecule has 3 aromatic heterocycles. The Labute approximate surface area is 150 Å². The van der Waals surface area contributed by atoms with Gasteiger partial charge in [0.2, 0.25) is 0 Å². The molecule has 0 bridgehead atoms. The van der Waals surface area contributed by atoms with Crippen LogP contribution in [-0.2, 0) is 13.6 Å². The highest BCUT2D eigenvalue weighted by atomic mass is 32.1. The molecular weight excluding hydrogens is 336 g/mol. The van der Waals surface area contributed by atoms with Gasteiger partial charge < -0.3 is 9.73 Å². The first kappa shape index (κ1) is 16.1. The van der Waals surface area contributed by atoms with E-state index in [1.54, 1.807) is 40.8 Å². The van der Waals surface area contributed by atoms with Crippen molar-refractivity contribution in [3.05, 3.63) is 58.3 Å². The van der Waals surface area contributed by atoms with Crippen LogP contribution in [0.15, 0.2) is 47.4 Å². The highest BCUT2D eigenvalue weighted by Gasteiger charge is 2.28. The summed E-state index contributed by atoms with van der Waals surface area (Å²) in [7, 11) is 1.81. The molecule has 1 fully saturated rings. The second kappa shape index (κ2) is 6.85. The SMILES string of the molecule is Cn1nccc1NC(=O)c1ccc([C@@H]2CCCN2Cc2ccoc2)s1. The Hall–Kier alpha value is -2.38. The molecule has 0 spiro atoms. The van der Waals surface area contributed by atoms with E-state index in [1.807, 2.05) is 19.2 Å². The van der Waals surface area contributed by atoms with Crippen LogP contribution in [0.4, 0.5) is 5.82 Å². The molecule has 0 aliphatic carbocycles. The Bertz CT molecular complexity index is 852. The molecule has 4 heterocycles. The molecule has 1 N–H and O–H groups in total. The topological polar surface area (TPSA) is 63.3 Å². The number of carbonyl (C=O) groups excluding carboxylic acids is 1. The summed E-state index contributed by atoms with van der Waals surface area (Å²) in [5, 5.41) is 6.97. The standard InChI is InChI=1S/C18H20N4O2S/c1-21-17(6-8-19-21)20-18(23)16-5-4-15(25-16)14-3-2-9-22(14)11-13-7-10-24-12-13/h4-8,10,12,14H,2-3,9,11H2,1H3,(H,20,23)/t14-/m0/s1. The van der Waals surface area contributed by atoms with Gasteiger partial charge in [-0.2, -0.15) is 5.10 Å². The summed E-state index contributed by atoms with van der Waals surface area (Å²) in [5.41, 5.74) is 1.19. The number of amides is 1. The third kappa shape index (κ3) is 3.38. The number of aryl methyl sites for hydroxylation is 1. The van der Waals surface area contributed by atoms with Gasteiger partial charge in [0, 0.05) is 36.1 Å². The average Bonchev–Trinajstić information content (AvgIpc) is 3.36. The summed E-state index contributed by atoms with van der Waals surface area (Å²) in [6.45, 7) is 1.96. The molecule has 0 aromatic carbocycles. The van der Waals surface area contributed by atoms with Gasteiger partial charge in [-0.15, -0.1) is 11.3 Å². The predicted molar refractivity (Wildman–Crippen MR) is 96.6 cm³/mol. The van der Waals surface area contributed by atoms with Crippen molar-refractivity contribution in [1.82, 2.24) is 14.7 Å². The Kier molecular flexibility index (Phi) is 4.42. The Morgan fingerprint density at radius 2 is 2.32 bits per heavy atom. The van der Waals surface area contributed by atoms with Crippen molar-refractivity contribution < 1.29 is 9.21 Å². The van der Waals surface area contributed by atoms with Crippen molar-refractivity contribution in [2.24, 2.45) is 7.05 Å². The summed E-state index contributed by atoms with van der Waals surface area (Å²) in [5.74, 6) is 0.613. The number of thiophene rings is 1. The lowest BCUT2D eigenvalue weighted by molar-refractivity contribution is 0.102. The molecular formula is C18H20N4O2S. The smallest absolute Gasteiger partial charge is 0.266 e. The van der Waals surface area contributed by atoms with E-state index >= 15 is 0 Å². The Morgan fingerprint density at radius 1 is 1.40 bits per heavy atom. The van der Waals surface area contributed by atoms with Crippen molar-refractivity contribution in [2.45, 2.75) is 25.4 Å². The van der Waals surface area contributed by atoms with E-state index < -0.39 is 0 Å². The maximum Gasteiger partial charge on any atom is 0.266 e. The van der Waals surface area contributed by atoms with Gasteiger partial charge in [0.1, 0.15) is 5.82 Å². The first-order chi connectivity index (χ1) is 12.2. The number of nitrogens with one attached hydrogen (secondary N) is 1. The lowest BCUT2D eigenvalue weighted by Crippen LogP contribution is -2.21. The van der Waals surface area contributed by atoms with Gasteiger partial charge in [0.25, 0.3) is 5.91 Å². The second-order valence-electron chi connectivity index (χ2n) is 6.26. The number of aromatic nitrogens is 2. The summed E-state index contributed by atoms with van der Waals surface area (Å²) in [6, 6.07) is 8.17. The van der Waals surface area contributed by atoms with E-state index in [0.717, 1.165) is 24.4 Å². The number of furan rings is 1. The average molecular weight is 356 g/mol. The Morgan fingerprint density at radius 3 is 3.08 bits per heavy atom. The fraction of sp³-hybridized carbons (Fsp3) is 0.333. The van der Waals surface area contributed by atoms with E-state index in [4.69, 9.17) is 4.42 Å². The predicted octanol–water partition coefficient (Wildman–Crippen LogP) is 3.66. The summed E-state index contributed by atoms with van der Waals surface area (Å²) in [6.07, 6.45) is 7.49. The molecule has 0 radical (unpaired) electrons. The van der Waals surface area contributed by atoms with Crippen LogP contribution in [0.25, 0.3) is 0 Å². The highest BCUT2D eigenvalue weighted by molar-refractivity contribution is 7.14. The van der Waals surface area contributed by atoms with Gasteiger partial charge in [0.05, 0.1) is 23.6 Å². The molecule has 1 aliphatic heterocycles. The fourth-order valence-electron chi connectivity index (χ4n) is 3.28. The van der Waals surface area contributed by atoms with Gasteiger partial charge in [0.15, 0.2) is 0 Å². The minimum absolute atomic E-state index is 0.0840. The number of hydrogen-bond acceptors (Lipinski definition) is 5. The molecule has 1 amide bonds. The van der Waals surface area contributed by atoms with E-state index in [-0.39, 0.29) is 5.91 Å². The molecule has 7 heteroatoms. The first-order valence-electron chi connectivity index (χ1n) is 8.35. The van der Waals surface area contributed by atoms with Crippen LogP contribution in [0.5, 0.6) is 0 Å². The first-order valence-corrected chi connectivity index (χ1v) is 9.16. The molecule has 1 atom stereocenters. The third-order valence-corrected chi connectivity index (χ3v) is 5.76. The minimum Gasteiger partial charge on any atom is -0.472 e. The zero-order valence-corrected chi connectivity index (χ0v) is 14.8. The Balaban J connectivity index is 1.46. The van der Waals surface area contributed by atoms with E-state index in [1.165, 1.54) is 16.9 Å². The van der Waals surface area contributed by atoms with Crippen molar-refractivity contribution in [3.8, 4) is 0 Å². The maximum atomic E-state index is 12.5. The van der Waals surface area contributed by atoms with Crippen molar-refractivity contribution >= 4 is 23.1 Å². The molecule has 1 aliphatic rings. The number of hydrogen-bond donors (Lipinski definition) is 1. The van der Waals surface area contributed by atoms with E-state index in [9.17, 15) is 4.79 Å². The quantitative estimate of drug-likeness (QED) is 0.758. The van der Waals surface area contributed by atoms with Gasteiger partial charge >= 0.3 is 0 Å². The monoisotopic (exact) mass is 356 g/mol. The lowest BCUT2D eigenvalue weighted by atomic mass is 10.2. The van der Waals surface area contributed by atoms with Crippen molar-refractivity contribution in [3.63, 3.8) is 0 Å². The van der Waals surface area contributed by atoms with E-state index in [0.29, 0.717) is 11.9 Å². The van der Waals surface area contributed by atoms with Crippen LogP contribution in [0.1, 0.15) is 39.0 Å². The van der Waals surface area contributed by atoms with Crippen molar-refractivity contribution in [1.29, 1.82) is 0 Å². The molecule has 3 aromatic rings. The molecule has 25 heavy (non-hydrogen) atoms. The summed E-state index contributed by atoms with van der Waals surface area (Å²) in [4.78, 5) is 16.9. The van der Waals surface area contributed by atoms with Gasteiger partial charge in [-0.1, -0.05) is 0 Å². The minimum atomic E-state index is -0.0840. The third-order valence-electron chi connectivity index (χ3n) is 4.57. The number of nitrogens with zero attached hydrogens (tertiary/aromatic N) is 3. The zero-order chi connectivity index (χ0) is 17.2. The molecule has 4 rings (SSSR count). The number of likely N-dealkylation sites (tertiary alicyclic amines) is 1. The van der Waals surface area contributed by atoms with Gasteiger partial charge in [-0.25, -0.2) is 0 Å². The normalized spacial score (nSPS) is 17.9. The van der Waals surface area contributed by atoms with Gasteiger partial charge in [-0.3, -0.25) is 14.4 Å². The largest absolute Gasteiger partial charge is 0.472 e. The molecule has 1 saturated heterocycles. The number of carbonyl (C=O) groups is 1. The molecule has 6 nitrogen and oxygen atoms in total. The van der Waals surface area contributed by atoms with Crippen LogP contribution in [0, 0.1) is 0 Å². The van der Waals surface area contributed by atoms with Crippen LogP contribution in [-0.4, -0.2) is 27.1 Å². The molecule has 0 unspecified atom stereocenters. The lowest BCUT2D eigenvalue weighted by Gasteiger charge is -2.22. The summed E-state index contributed by atoms with van der Waals surface area (Å²) < 4.78 is 6.83. The summed E-state index contributed by atoms with van der Waals surface area (Å²) >= 11 is 1.58. The fourth-order valence-corrected chi connectivity index (χ4v) is 4.36. The van der Waals surface area contributed by atoms with Crippen LogP contribution >= 0.6 is 11.3 Å². The van der Waals surface area contributed by atoms with Crippen LogP contribution < -0.4 is 5.32 Å². The maximum absolute atomic E-state index is 12.5. The van der Waals surface area contributed by atoms with E-state index in [2.05, 4.69) is 21.4 Å². The van der Waals surface area contributed by atoms with Crippen LogP contribution in [0.2, 0.25) is 0 Å². The van der Waals surface area contributed by atoms with Gasteiger partial charge in [-0.05, 0) is 37.6 Å². The highest BCUT2D eigenvalue weighted by Crippen LogP contribution is 2.37. The number of anilines is 1. The second-order valence-corrected chi connectivity index (χ2v) is 7.37.